The second kappa shape index (κ2) is 6.86. The zero-order chi connectivity index (χ0) is 19.0. The summed E-state index contributed by atoms with van der Waals surface area (Å²) in [5.41, 5.74) is 1.15. The van der Waals surface area contributed by atoms with Gasteiger partial charge in [0.25, 0.3) is 0 Å². The predicted molar refractivity (Wildman–Crippen MR) is 100.0 cm³/mol. The maximum atomic E-state index is 14.1. The zero-order valence-electron chi connectivity index (χ0n) is 14.7. The van der Waals surface area contributed by atoms with E-state index in [4.69, 9.17) is 4.74 Å². The van der Waals surface area contributed by atoms with Crippen LogP contribution in [0.15, 0.2) is 53.7 Å². The zero-order valence-corrected chi connectivity index (χ0v) is 15.5. The Morgan fingerprint density at radius 2 is 2.00 bits per heavy atom. The minimum Gasteiger partial charge on any atom is -0.370 e. The fourth-order valence-electron chi connectivity index (χ4n) is 3.27. The van der Waals surface area contributed by atoms with E-state index in [0.29, 0.717) is 42.0 Å². The first-order valence-electron chi connectivity index (χ1n) is 8.49. The van der Waals surface area contributed by atoms with Crippen LogP contribution in [0.5, 0.6) is 0 Å². The molecule has 0 amide bonds. The van der Waals surface area contributed by atoms with Crippen molar-refractivity contribution in [1.82, 2.24) is 9.97 Å². The van der Waals surface area contributed by atoms with Crippen molar-refractivity contribution in [3.05, 3.63) is 60.2 Å². The summed E-state index contributed by atoms with van der Waals surface area (Å²) in [6.07, 6.45) is 2.19. The first kappa shape index (κ1) is 17.8. The Kier molecular flexibility index (Phi) is 4.53. The third-order valence-electron chi connectivity index (χ3n) is 4.63. The molecule has 1 fully saturated rings. The van der Waals surface area contributed by atoms with Crippen LogP contribution in [0.25, 0.3) is 10.9 Å². The number of fused-ring (bicyclic) bond motifs is 1. The molecule has 2 heterocycles. The molecule has 6 nitrogen and oxygen atoms in total. The SMILES string of the molecule is CS(=O)(=O)c1ccc2ncnc(N3CCOC(c4ccccc4F)C3)c2c1. The van der Waals surface area contributed by atoms with E-state index in [1.54, 1.807) is 30.3 Å². The number of anilines is 1. The minimum atomic E-state index is -3.35. The van der Waals surface area contributed by atoms with Gasteiger partial charge in [-0.3, -0.25) is 0 Å². The van der Waals surface area contributed by atoms with Crippen LogP contribution in [-0.4, -0.2) is 44.3 Å². The van der Waals surface area contributed by atoms with Gasteiger partial charge in [0.15, 0.2) is 9.84 Å². The summed E-state index contributed by atoms with van der Waals surface area (Å²) in [5, 5.41) is 0.648. The lowest BCUT2D eigenvalue weighted by molar-refractivity contribution is 0.0373. The Morgan fingerprint density at radius 1 is 1.19 bits per heavy atom. The van der Waals surface area contributed by atoms with Crippen molar-refractivity contribution in [3.63, 3.8) is 0 Å². The van der Waals surface area contributed by atoms with Crippen molar-refractivity contribution in [1.29, 1.82) is 0 Å². The van der Waals surface area contributed by atoms with Gasteiger partial charge in [0.05, 0.1) is 17.0 Å². The Hall–Kier alpha value is -2.58. The fourth-order valence-corrected chi connectivity index (χ4v) is 3.92. The number of morpholine rings is 1. The maximum Gasteiger partial charge on any atom is 0.175 e. The highest BCUT2D eigenvalue weighted by molar-refractivity contribution is 7.90. The molecule has 27 heavy (non-hydrogen) atoms. The van der Waals surface area contributed by atoms with Crippen LogP contribution in [-0.2, 0) is 14.6 Å². The van der Waals surface area contributed by atoms with Crippen LogP contribution in [0, 0.1) is 5.82 Å². The normalized spacial score (nSPS) is 18.0. The third-order valence-corrected chi connectivity index (χ3v) is 5.74. The highest BCUT2D eigenvalue weighted by Gasteiger charge is 2.26. The lowest BCUT2D eigenvalue weighted by Gasteiger charge is -2.34. The summed E-state index contributed by atoms with van der Waals surface area (Å²) < 4.78 is 43.8. The summed E-state index contributed by atoms with van der Waals surface area (Å²) >= 11 is 0. The van der Waals surface area contributed by atoms with Gasteiger partial charge in [-0.05, 0) is 24.3 Å². The maximum absolute atomic E-state index is 14.1. The molecule has 0 N–H and O–H groups in total. The fraction of sp³-hybridized carbons (Fsp3) is 0.263. The monoisotopic (exact) mass is 387 g/mol. The molecule has 0 bridgehead atoms. The van der Waals surface area contributed by atoms with Crippen molar-refractivity contribution in [3.8, 4) is 0 Å². The molecule has 1 unspecified atom stereocenters. The number of rotatable bonds is 3. The van der Waals surface area contributed by atoms with Gasteiger partial charge >= 0.3 is 0 Å². The quantitative estimate of drug-likeness (QED) is 0.688. The number of halogens is 1. The Balaban J connectivity index is 1.74. The molecule has 2 aromatic carbocycles. The summed E-state index contributed by atoms with van der Waals surface area (Å²) in [6.45, 7) is 1.40. The number of nitrogens with zero attached hydrogens (tertiary/aromatic N) is 3. The molecule has 3 aromatic rings. The highest BCUT2D eigenvalue weighted by atomic mass is 32.2. The predicted octanol–water partition coefficient (Wildman–Crippen LogP) is 2.75. The average molecular weight is 387 g/mol. The molecule has 0 saturated carbocycles. The topological polar surface area (TPSA) is 72.4 Å². The standard InChI is InChI=1S/C19H18FN3O3S/c1-27(24,25)13-6-7-17-15(10-13)19(22-12-21-17)23-8-9-26-18(11-23)14-4-2-3-5-16(14)20/h2-7,10,12,18H,8-9,11H2,1H3. The summed E-state index contributed by atoms with van der Waals surface area (Å²) in [5.74, 6) is 0.311. The van der Waals surface area contributed by atoms with Gasteiger partial charge in [-0.15, -0.1) is 0 Å². The lowest BCUT2D eigenvalue weighted by atomic mass is 10.1. The third kappa shape index (κ3) is 3.50. The number of hydrogen-bond acceptors (Lipinski definition) is 6. The smallest absolute Gasteiger partial charge is 0.175 e. The van der Waals surface area contributed by atoms with E-state index in [2.05, 4.69) is 9.97 Å². The molecular weight excluding hydrogens is 369 g/mol. The number of hydrogen-bond donors (Lipinski definition) is 0. The van der Waals surface area contributed by atoms with E-state index >= 15 is 0 Å². The minimum absolute atomic E-state index is 0.213. The van der Waals surface area contributed by atoms with Gasteiger partial charge in [-0.2, -0.15) is 0 Å². The van der Waals surface area contributed by atoms with Crippen molar-refractivity contribution >= 4 is 26.6 Å². The second-order valence-electron chi connectivity index (χ2n) is 6.48. The number of benzene rings is 2. The summed E-state index contributed by atoms with van der Waals surface area (Å²) in [4.78, 5) is 10.8. The Labute approximate surface area is 156 Å². The van der Waals surface area contributed by atoms with E-state index in [-0.39, 0.29) is 10.7 Å². The first-order chi connectivity index (χ1) is 12.9. The van der Waals surface area contributed by atoms with Crippen LogP contribution in [0.1, 0.15) is 11.7 Å². The largest absolute Gasteiger partial charge is 0.370 e. The molecule has 0 spiro atoms. The molecule has 0 aliphatic carbocycles. The number of aromatic nitrogens is 2. The molecule has 4 rings (SSSR count). The van der Waals surface area contributed by atoms with Crippen molar-refractivity contribution < 1.29 is 17.5 Å². The number of ether oxygens (including phenoxy) is 1. The molecule has 8 heteroatoms. The van der Waals surface area contributed by atoms with E-state index in [1.165, 1.54) is 24.7 Å². The second-order valence-corrected chi connectivity index (χ2v) is 8.49. The molecule has 1 aliphatic heterocycles. The van der Waals surface area contributed by atoms with Gasteiger partial charge < -0.3 is 9.64 Å². The molecule has 1 atom stereocenters. The van der Waals surface area contributed by atoms with Crippen molar-refractivity contribution in [2.24, 2.45) is 0 Å². The van der Waals surface area contributed by atoms with Crippen molar-refractivity contribution in [2.45, 2.75) is 11.0 Å². The Morgan fingerprint density at radius 3 is 2.78 bits per heavy atom. The lowest BCUT2D eigenvalue weighted by Crippen LogP contribution is -2.39. The van der Waals surface area contributed by atoms with Crippen molar-refractivity contribution in [2.75, 3.05) is 30.9 Å². The van der Waals surface area contributed by atoms with Gasteiger partial charge in [0.2, 0.25) is 0 Å². The van der Waals surface area contributed by atoms with Crippen LogP contribution in [0.3, 0.4) is 0 Å². The summed E-state index contributed by atoms with van der Waals surface area (Å²) in [7, 11) is -3.35. The van der Waals surface area contributed by atoms with Gasteiger partial charge in [-0.25, -0.2) is 22.8 Å². The van der Waals surface area contributed by atoms with Gasteiger partial charge in [-0.1, -0.05) is 18.2 Å². The molecule has 1 aromatic heterocycles. The highest BCUT2D eigenvalue weighted by Crippen LogP contribution is 2.31. The Bertz CT molecular complexity index is 1100. The molecular formula is C19H18FN3O3S. The number of sulfone groups is 1. The van der Waals surface area contributed by atoms with Crippen LogP contribution < -0.4 is 4.90 Å². The summed E-state index contributed by atoms with van der Waals surface area (Å²) in [6, 6.07) is 11.3. The molecule has 1 saturated heterocycles. The first-order valence-corrected chi connectivity index (χ1v) is 10.4. The van der Waals surface area contributed by atoms with E-state index in [1.807, 2.05) is 4.90 Å². The molecule has 1 aliphatic rings. The molecule has 140 valence electrons. The van der Waals surface area contributed by atoms with Crippen LogP contribution in [0.4, 0.5) is 10.2 Å². The van der Waals surface area contributed by atoms with E-state index < -0.39 is 15.9 Å². The van der Waals surface area contributed by atoms with Crippen LogP contribution in [0.2, 0.25) is 0 Å². The van der Waals surface area contributed by atoms with Gasteiger partial charge in [0, 0.05) is 30.3 Å². The van der Waals surface area contributed by atoms with E-state index in [0.717, 1.165) is 0 Å². The van der Waals surface area contributed by atoms with E-state index in [9.17, 15) is 12.8 Å². The average Bonchev–Trinajstić information content (AvgIpc) is 2.67. The van der Waals surface area contributed by atoms with Crippen LogP contribution >= 0.6 is 0 Å². The van der Waals surface area contributed by atoms with Gasteiger partial charge in [0.1, 0.15) is 24.1 Å². The molecule has 0 radical (unpaired) electrons.